The number of nitrogens with zero attached hydrogens (tertiary/aromatic N) is 2. The summed E-state index contributed by atoms with van der Waals surface area (Å²) in [7, 11) is 1.69. The molecule has 0 aromatic carbocycles. The Morgan fingerprint density at radius 3 is 3.24 bits per heavy atom. The van der Waals surface area contributed by atoms with Gasteiger partial charge in [-0.15, -0.1) is 0 Å². The molecular weight excluding hydrogens is 214 g/mol. The van der Waals surface area contributed by atoms with Gasteiger partial charge in [0.05, 0.1) is 12.8 Å². The summed E-state index contributed by atoms with van der Waals surface area (Å²) in [4.78, 5) is 4.71. The predicted octanol–water partition coefficient (Wildman–Crippen LogP) is 1.81. The third-order valence-corrected chi connectivity index (χ3v) is 3.40. The highest BCUT2D eigenvalue weighted by atomic mass is 16.5. The molecule has 4 heteroatoms. The zero-order valence-corrected chi connectivity index (χ0v) is 10.0. The quantitative estimate of drug-likeness (QED) is 0.856. The molecule has 2 aromatic rings. The number of piperidine rings is 1. The molecule has 1 unspecified atom stereocenters. The number of imidazole rings is 1. The second kappa shape index (κ2) is 4.37. The van der Waals surface area contributed by atoms with Crippen LogP contribution in [-0.4, -0.2) is 29.6 Å². The molecule has 1 N–H and O–H groups in total. The van der Waals surface area contributed by atoms with Crippen molar-refractivity contribution in [3.05, 3.63) is 30.2 Å². The Labute approximate surface area is 101 Å². The molecule has 0 spiro atoms. The van der Waals surface area contributed by atoms with Gasteiger partial charge in [0.25, 0.3) is 0 Å². The monoisotopic (exact) mass is 231 g/mol. The number of aromatic nitrogens is 2. The van der Waals surface area contributed by atoms with Gasteiger partial charge in [-0.25, -0.2) is 4.98 Å². The van der Waals surface area contributed by atoms with Crippen LogP contribution in [0.25, 0.3) is 5.65 Å². The van der Waals surface area contributed by atoms with Crippen molar-refractivity contribution < 1.29 is 4.74 Å². The number of rotatable bonds is 2. The second-order valence-electron chi connectivity index (χ2n) is 4.52. The van der Waals surface area contributed by atoms with E-state index in [-0.39, 0.29) is 0 Å². The Morgan fingerprint density at radius 2 is 2.47 bits per heavy atom. The van der Waals surface area contributed by atoms with E-state index in [4.69, 9.17) is 9.72 Å². The van der Waals surface area contributed by atoms with Gasteiger partial charge in [0.2, 0.25) is 0 Å². The summed E-state index contributed by atoms with van der Waals surface area (Å²) in [5.74, 6) is 1.37. The molecule has 1 fully saturated rings. The second-order valence-corrected chi connectivity index (χ2v) is 4.52. The van der Waals surface area contributed by atoms with Crippen LogP contribution in [-0.2, 0) is 0 Å². The molecule has 2 aromatic heterocycles. The minimum Gasteiger partial charge on any atom is -0.493 e. The lowest BCUT2D eigenvalue weighted by Crippen LogP contribution is -2.28. The van der Waals surface area contributed by atoms with Crippen molar-refractivity contribution in [3.63, 3.8) is 0 Å². The molecule has 4 nitrogen and oxygen atoms in total. The lowest BCUT2D eigenvalue weighted by Gasteiger charge is -2.20. The van der Waals surface area contributed by atoms with Crippen LogP contribution in [0, 0.1) is 0 Å². The molecule has 3 heterocycles. The highest BCUT2D eigenvalue weighted by Gasteiger charge is 2.18. The first kappa shape index (κ1) is 10.6. The standard InChI is InChI=1S/C13H17N3O/c1-17-12-5-3-7-16-9-11(15-13(12)16)10-4-2-6-14-8-10/h3,5,7,9-10,14H,2,4,6,8H2,1H3. The predicted molar refractivity (Wildman–Crippen MR) is 66.6 cm³/mol. The maximum Gasteiger partial charge on any atom is 0.179 e. The van der Waals surface area contributed by atoms with Crippen LogP contribution in [0.1, 0.15) is 24.5 Å². The molecule has 0 amide bonds. The summed E-state index contributed by atoms with van der Waals surface area (Å²) in [6.07, 6.45) is 6.59. The molecule has 1 atom stereocenters. The van der Waals surface area contributed by atoms with E-state index in [0.717, 1.165) is 24.5 Å². The molecule has 90 valence electrons. The number of nitrogens with one attached hydrogen (secondary N) is 1. The first-order valence-electron chi connectivity index (χ1n) is 6.11. The number of hydrogen-bond donors (Lipinski definition) is 1. The highest BCUT2D eigenvalue weighted by molar-refractivity contribution is 5.54. The van der Waals surface area contributed by atoms with Gasteiger partial charge in [0.15, 0.2) is 11.4 Å². The molecule has 3 rings (SSSR count). The Balaban J connectivity index is 2.00. The maximum atomic E-state index is 5.33. The lowest BCUT2D eigenvalue weighted by atomic mass is 9.97. The third-order valence-electron chi connectivity index (χ3n) is 3.40. The summed E-state index contributed by atoms with van der Waals surface area (Å²) in [5, 5.41) is 3.43. The summed E-state index contributed by atoms with van der Waals surface area (Å²) < 4.78 is 7.37. The van der Waals surface area contributed by atoms with Crippen molar-refractivity contribution in [2.24, 2.45) is 0 Å². The van der Waals surface area contributed by atoms with Crippen LogP contribution in [0.4, 0.5) is 0 Å². The number of pyridine rings is 1. The van der Waals surface area contributed by atoms with E-state index in [2.05, 4.69) is 11.5 Å². The molecule has 0 saturated carbocycles. The largest absolute Gasteiger partial charge is 0.493 e. The van der Waals surface area contributed by atoms with Crippen LogP contribution in [0.15, 0.2) is 24.5 Å². The Bertz CT molecular complexity index is 514. The van der Waals surface area contributed by atoms with Gasteiger partial charge in [0.1, 0.15) is 0 Å². The van der Waals surface area contributed by atoms with E-state index >= 15 is 0 Å². The molecular formula is C13H17N3O. The van der Waals surface area contributed by atoms with Crippen LogP contribution in [0.3, 0.4) is 0 Å². The van der Waals surface area contributed by atoms with Crippen molar-refractivity contribution in [2.45, 2.75) is 18.8 Å². The van der Waals surface area contributed by atoms with Crippen LogP contribution >= 0.6 is 0 Å². The molecule has 0 radical (unpaired) electrons. The number of fused-ring (bicyclic) bond motifs is 1. The van der Waals surface area contributed by atoms with E-state index < -0.39 is 0 Å². The number of hydrogen-bond acceptors (Lipinski definition) is 3. The fraction of sp³-hybridized carbons (Fsp3) is 0.462. The normalized spacial score (nSPS) is 20.6. The van der Waals surface area contributed by atoms with Gasteiger partial charge in [0, 0.05) is 24.9 Å². The topological polar surface area (TPSA) is 38.6 Å². The zero-order chi connectivity index (χ0) is 11.7. The molecule has 0 bridgehead atoms. The van der Waals surface area contributed by atoms with Crippen molar-refractivity contribution in [1.29, 1.82) is 0 Å². The van der Waals surface area contributed by atoms with E-state index in [1.807, 2.05) is 22.7 Å². The van der Waals surface area contributed by atoms with Crippen molar-refractivity contribution in [2.75, 3.05) is 20.2 Å². The van der Waals surface area contributed by atoms with E-state index in [1.165, 1.54) is 18.5 Å². The SMILES string of the molecule is COc1cccn2cc(C3CCCNC3)nc12. The average Bonchev–Trinajstić information content (AvgIpc) is 2.83. The smallest absolute Gasteiger partial charge is 0.179 e. The Hall–Kier alpha value is -1.55. The Kier molecular flexibility index (Phi) is 2.73. The molecule has 17 heavy (non-hydrogen) atoms. The van der Waals surface area contributed by atoms with E-state index in [9.17, 15) is 0 Å². The van der Waals surface area contributed by atoms with Gasteiger partial charge in [-0.1, -0.05) is 0 Å². The lowest BCUT2D eigenvalue weighted by molar-refractivity contribution is 0.416. The minimum atomic E-state index is 0.536. The van der Waals surface area contributed by atoms with Crippen molar-refractivity contribution >= 4 is 5.65 Å². The molecule has 1 aliphatic heterocycles. The number of methoxy groups -OCH3 is 1. The summed E-state index contributed by atoms with van der Waals surface area (Å²) in [5.41, 5.74) is 2.08. The van der Waals surface area contributed by atoms with Crippen molar-refractivity contribution in [3.8, 4) is 5.75 Å². The summed E-state index contributed by atoms with van der Waals surface area (Å²) in [6.45, 7) is 2.17. The minimum absolute atomic E-state index is 0.536. The summed E-state index contributed by atoms with van der Waals surface area (Å²) >= 11 is 0. The highest BCUT2D eigenvalue weighted by Crippen LogP contribution is 2.25. The average molecular weight is 231 g/mol. The maximum absolute atomic E-state index is 5.33. The molecule has 1 saturated heterocycles. The Morgan fingerprint density at radius 1 is 1.53 bits per heavy atom. The first-order valence-corrected chi connectivity index (χ1v) is 6.11. The molecule has 1 aliphatic rings. The number of ether oxygens (including phenoxy) is 1. The van der Waals surface area contributed by atoms with E-state index in [0.29, 0.717) is 5.92 Å². The van der Waals surface area contributed by atoms with Gasteiger partial charge in [-0.3, -0.25) is 0 Å². The zero-order valence-electron chi connectivity index (χ0n) is 10.0. The van der Waals surface area contributed by atoms with Crippen molar-refractivity contribution in [1.82, 2.24) is 14.7 Å². The van der Waals surface area contributed by atoms with Gasteiger partial charge < -0.3 is 14.5 Å². The van der Waals surface area contributed by atoms with Crippen LogP contribution < -0.4 is 10.1 Å². The molecule has 0 aliphatic carbocycles. The third kappa shape index (κ3) is 1.89. The van der Waals surface area contributed by atoms with Gasteiger partial charge in [-0.05, 0) is 31.5 Å². The fourth-order valence-electron chi connectivity index (χ4n) is 2.47. The fourth-order valence-corrected chi connectivity index (χ4v) is 2.47. The van der Waals surface area contributed by atoms with E-state index in [1.54, 1.807) is 7.11 Å². The van der Waals surface area contributed by atoms with Crippen LogP contribution in [0.2, 0.25) is 0 Å². The van der Waals surface area contributed by atoms with Gasteiger partial charge in [-0.2, -0.15) is 0 Å². The van der Waals surface area contributed by atoms with Crippen LogP contribution in [0.5, 0.6) is 5.75 Å². The van der Waals surface area contributed by atoms with Gasteiger partial charge >= 0.3 is 0 Å². The first-order chi connectivity index (χ1) is 8.38. The summed E-state index contributed by atoms with van der Waals surface area (Å²) in [6, 6.07) is 3.93.